The molecule has 1 aliphatic rings. The number of alkyl halides is 1. The summed E-state index contributed by atoms with van der Waals surface area (Å²) in [6.45, 7) is 5.88. The van der Waals surface area contributed by atoms with Crippen LogP contribution < -0.4 is 4.74 Å². The first-order valence-corrected chi connectivity index (χ1v) is 9.78. The van der Waals surface area contributed by atoms with E-state index in [1.165, 1.54) is 6.42 Å². The Morgan fingerprint density at radius 1 is 1.37 bits per heavy atom. The fourth-order valence-electron chi connectivity index (χ4n) is 3.41. The Bertz CT molecular complexity index is 737. The summed E-state index contributed by atoms with van der Waals surface area (Å²) in [5.74, 6) is 0.742. The first-order valence-electron chi connectivity index (χ1n) is 9.78. The summed E-state index contributed by atoms with van der Waals surface area (Å²) in [4.78, 5) is 6.56. The van der Waals surface area contributed by atoms with Crippen molar-refractivity contribution in [2.24, 2.45) is 5.41 Å². The largest absolute Gasteiger partial charge is 0.490 e. The molecule has 6 nitrogen and oxygen atoms in total. The Labute approximate surface area is 160 Å². The van der Waals surface area contributed by atoms with Crippen molar-refractivity contribution in [2.45, 2.75) is 52.0 Å². The molecule has 2 aromatic rings. The van der Waals surface area contributed by atoms with E-state index in [2.05, 4.69) is 41.1 Å². The van der Waals surface area contributed by atoms with Gasteiger partial charge in [-0.05, 0) is 44.7 Å². The van der Waals surface area contributed by atoms with Crippen LogP contribution in [0.1, 0.15) is 45.2 Å². The zero-order valence-corrected chi connectivity index (χ0v) is 16.6. The van der Waals surface area contributed by atoms with Gasteiger partial charge in [-0.15, -0.1) is 5.10 Å². The van der Waals surface area contributed by atoms with Crippen LogP contribution >= 0.6 is 0 Å². The molecule has 1 saturated heterocycles. The highest BCUT2D eigenvalue weighted by molar-refractivity contribution is 5.34. The molecule has 0 N–H and O–H groups in total. The Hall–Kier alpha value is -2.02. The molecular formula is C20H30FN5O. The summed E-state index contributed by atoms with van der Waals surface area (Å²) in [7, 11) is 2.11. The third-order valence-electron chi connectivity index (χ3n) is 5.76. The van der Waals surface area contributed by atoms with Crippen LogP contribution in [0, 0.1) is 5.41 Å². The predicted octanol–water partition coefficient (Wildman–Crippen LogP) is 3.45. The average molecular weight is 375 g/mol. The monoisotopic (exact) mass is 375 g/mol. The molecule has 3 heterocycles. The molecule has 0 amide bonds. The Morgan fingerprint density at radius 2 is 2.22 bits per heavy atom. The van der Waals surface area contributed by atoms with Crippen molar-refractivity contribution in [1.82, 2.24) is 24.9 Å². The lowest BCUT2D eigenvalue weighted by Crippen LogP contribution is -2.48. The summed E-state index contributed by atoms with van der Waals surface area (Å²) >= 11 is 0. The summed E-state index contributed by atoms with van der Waals surface area (Å²) in [6.07, 6.45) is 9.82. The SMILES string of the molecule is CCC(C)(CCCF)Cc1cn(-c2cncc(OC[C@@H]3CCN3C)c2)nn1. The van der Waals surface area contributed by atoms with Crippen molar-refractivity contribution in [3.05, 3.63) is 30.4 Å². The van der Waals surface area contributed by atoms with E-state index in [1.807, 2.05) is 12.3 Å². The molecule has 1 unspecified atom stereocenters. The maximum absolute atomic E-state index is 12.6. The highest BCUT2D eigenvalue weighted by Gasteiger charge is 2.25. The number of aromatic nitrogens is 4. The summed E-state index contributed by atoms with van der Waals surface area (Å²) in [6, 6.07) is 2.43. The maximum Gasteiger partial charge on any atom is 0.139 e. The molecule has 0 saturated carbocycles. The molecule has 0 aliphatic carbocycles. The fraction of sp³-hybridized carbons (Fsp3) is 0.650. The number of hydrogen-bond donors (Lipinski definition) is 0. The van der Waals surface area contributed by atoms with Gasteiger partial charge < -0.3 is 4.74 Å². The first kappa shape index (κ1) is 19.7. The van der Waals surface area contributed by atoms with E-state index < -0.39 is 0 Å². The fourth-order valence-corrected chi connectivity index (χ4v) is 3.41. The van der Waals surface area contributed by atoms with E-state index in [4.69, 9.17) is 4.74 Å². The van der Waals surface area contributed by atoms with Gasteiger partial charge in [0.2, 0.25) is 0 Å². The van der Waals surface area contributed by atoms with Gasteiger partial charge >= 0.3 is 0 Å². The molecule has 7 heteroatoms. The normalized spacial score (nSPS) is 19.5. The van der Waals surface area contributed by atoms with Gasteiger partial charge in [0.1, 0.15) is 12.4 Å². The molecule has 3 rings (SSSR count). The second-order valence-corrected chi connectivity index (χ2v) is 7.90. The van der Waals surface area contributed by atoms with Crippen LogP contribution in [0.4, 0.5) is 4.39 Å². The van der Waals surface area contributed by atoms with Gasteiger partial charge in [-0.25, -0.2) is 4.68 Å². The number of nitrogens with zero attached hydrogens (tertiary/aromatic N) is 5. The molecule has 0 aromatic carbocycles. The quantitative estimate of drug-likeness (QED) is 0.637. The van der Waals surface area contributed by atoms with Crippen molar-refractivity contribution in [3.63, 3.8) is 0 Å². The van der Waals surface area contributed by atoms with Gasteiger partial charge in [-0.1, -0.05) is 25.5 Å². The van der Waals surface area contributed by atoms with Crippen molar-refractivity contribution in [1.29, 1.82) is 0 Å². The zero-order valence-electron chi connectivity index (χ0n) is 16.6. The highest BCUT2D eigenvalue weighted by Crippen LogP contribution is 2.31. The molecule has 2 aromatic heterocycles. The number of likely N-dealkylation sites (tertiary alicyclic amines) is 1. The number of halogens is 1. The molecule has 27 heavy (non-hydrogen) atoms. The van der Waals surface area contributed by atoms with Gasteiger partial charge in [0.05, 0.1) is 36.6 Å². The number of hydrogen-bond acceptors (Lipinski definition) is 5. The molecule has 148 valence electrons. The van der Waals surface area contributed by atoms with Crippen molar-refractivity contribution in [2.75, 3.05) is 26.9 Å². The third kappa shape index (κ3) is 5.03. The first-order chi connectivity index (χ1) is 13.0. The van der Waals surface area contributed by atoms with Crippen LogP contribution in [0.3, 0.4) is 0 Å². The molecule has 0 bridgehead atoms. The van der Waals surface area contributed by atoms with E-state index in [0.717, 1.165) is 42.9 Å². The zero-order chi connectivity index (χ0) is 19.3. The molecule has 0 spiro atoms. The van der Waals surface area contributed by atoms with Crippen LogP contribution in [-0.4, -0.2) is 57.8 Å². The van der Waals surface area contributed by atoms with Gasteiger partial charge in [0.25, 0.3) is 0 Å². The number of likely N-dealkylation sites (N-methyl/N-ethyl adjacent to an activating group) is 1. The van der Waals surface area contributed by atoms with Crippen LogP contribution in [0.2, 0.25) is 0 Å². The predicted molar refractivity (Wildman–Crippen MR) is 103 cm³/mol. The van der Waals surface area contributed by atoms with Gasteiger partial charge in [0.15, 0.2) is 0 Å². The average Bonchev–Trinajstić information content (AvgIpc) is 3.14. The molecule has 1 fully saturated rings. The summed E-state index contributed by atoms with van der Waals surface area (Å²) < 4.78 is 20.2. The van der Waals surface area contributed by atoms with Crippen molar-refractivity contribution in [3.8, 4) is 11.4 Å². The standard InChI is InChI=1S/C20H30FN5O/c1-4-20(2,7-5-8-21)11-16-14-26(24-23-16)18-10-19(13-22-12-18)27-15-17-6-9-25(17)3/h10,12-14,17H,4-9,11,15H2,1-3H3/t17-,20?/m0/s1. The minimum atomic E-state index is -0.266. The smallest absolute Gasteiger partial charge is 0.139 e. The van der Waals surface area contributed by atoms with Crippen LogP contribution in [0.25, 0.3) is 5.69 Å². The minimum Gasteiger partial charge on any atom is -0.490 e. The van der Waals surface area contributed by atoms with Gasteiger partial charge in [0, 0.05) is 12.1 Å². The van der Waals surface area contributed by atoms with Crippen LogP contribution in [0.5, 0.6) is 5.75 Å². The highest BCUT2D eigenvalue weighted by atomic mass is 19.1. The van der Waals surface area contributed by atoms with E-state index in [9.17, 15) is 4.39 Å². The van der Waals surface area contributed by atoms with Gasteiger partial charge in [-0.2, -0.15) is 0 Å². The molecule has 1 aliphatic heterocycles. The van der Waals surface area contributed by atoms with Crippen LogP contribution in [-0.2, 0) is 6.42 Å². The Kier molecular flexibility index (Phi) is 6.42. The molecule has 2 atom stereocenters. The maximum atomic E-state index is 12.6. The molecular weight excluding hydrogens is 345 g/mol. The lowest BCUT2D eigenvalue weighted by molar-refractivity contribution is 0.0767. The van der Waals surface area contributed by atoms with Crippen molar-refractivity contribution < 1.29 is 9.13 Å². The lowest BCUT2D eigenvalue weighted by Gasteiger charge is -2.37. The van der Waals surface area contributed by atoms with E-state index in [1.54, 1.807) is 17.1 Å². The van der Waals surface area contributed by atoms with E-state index in [-0.39, 0.29) is 12.1 Å². The second kappa shape index (κ2) is 8.78. The van der Waals surface area contributed by atoms with Gasteiger partial charge in [-0.3, -0.25) is 14.3 Å². The second-order valence-electron chi connectivity index (χ2n) is 7.90. The Morgan fingerprint density at radius 3 is 2.89 bits per heavy atom. The van der Waals surface area contributed by atoms with Crippen LogP contribution in [0.15, 0.2) is 24.7 Å². The number of rotatable bonds is 10. The Balaban J connectivity index is 1.64. The molecule has 0 radical (unpaired) electrons. The van der Waals surface area contributed by atoms with Crippen molar-refractivity contribution >= 4 is 0 Å². The topological polar surface area (TPSA) is 56.1 Å². The summed E-state index contributed by atoms with van der Waals surface area (Å²) in [5, 5.41) is 8.56. The minimum absolute atomic E-state index is 0.0466. The number of ether oxygens (including phenoxy) is 1. The third-order valence-corrected chi connectivity index (χ3v) is 5.76. The number of pyridine rings is 1. The van der Waals surface area contributed by atoms with E-state index >= 15 is 0 Å². The van der Waals surface area contributed by atoms with E-state index in [0.29, 0.717) is 19.1 Å². The summed E-state index contributed by atoms with van der Waals surface area (Å²) in [5.41, 5.74) is 1.79. The lowest BCUT2D eigenvalue weighted by atomic mass is 9.79.